The number of anilines is 1. The second-order valence-corrected chi connectivity index (χ2v) is 10.5. The molecule has 1 amide bonds. The second-order valence-electron chi connectivity index (χ2n) is 7.49. The van der Waals surface area contributed by atoms with E-state index in [4.69, 9.17) is 4.74 Å². The van der Waals surface area contributed by atoms with Gasteiger partial charge in [-0.1, -0.05) is 6.07 Å². The number of esters is 1. The molecule has 0 fully saturated rings. The van der Waals surface area contributed by atoms with Crippen LogP contribution in [-0.4, -0.2) is 38.1 Å². The number of fused-ring (bicyclic) bond motifs is 1. The molecule has 0 saturated heterocycles. The zero-order chi connectivity index (χ0) is 23.6. The smallest absolute Gasteiger partial charge is 0.338 e. The Morgan fingerprint density at radius 3 is 2.36 bits per heavy atom. The first-order valence-electron chi connectivity index (χ1n) is 9.94. The number of carbonyl (C=O) groups excluding carboxylic acids is 2. The third-order valence-electron chi connectivity index (χ3n) is 4.81. The predicted molar refractivity (Wildman–Crippen MR) is 128 cm³/mol. The molecule has 168 valence electrons. The maximum atomic E-state index is 12.2. The van der Waals surface area contributed by atoms with Crippen molar-refractivity contribution in [2.75, 3.05) is 18.2 Å². The molecule has 1 aromatic heterocycles. The molecule has 0 aliphatic heterocycles. The van der Waals surface area contributed by atoms with Gasteiger partial charge in [-0.2, -0.15) is 0 Å². The van der Waals surface area contributed by atoms with Crippen molar-refractivity contribution in [1.29, 1.82) is 0 Å². The Morgan fingerprint density at radius 1 is 1.00 bits per heavy atom. The van der Waals surface area contributed by atoms with E-state index in [1.165, 1.54) is 29.8 Å². The highest BCUT2D eigenvalue weighted by atomic mass is 32.2. The molecule has 0 saturated carbocycles. The van der Waals surface area contributed by atoms with E-state index in [9.17, 15) is 18.0 Å². The van der Waals surface area contributed by atoms with Crippen molar-refractivity contribution in [1.82, 2.24) is 4.98 Å². The fraction of sp³-hybridized carbons (Fsp3) is 0.125. The molecule has 0 bridgehead atoms. The van der Waals surface area contributed by atoms with E-state index >= 15 is 0 Å². The Morgan fingerprint density at radius 2 is 1.70 bits per heavy atom. The van der Waals surface area contributed by atoms with Gasteiger partial charge in [0, 0.05) is 17.5 Å². The molecule has 3 aromatic carbocycles. The van der Waals surface area contributed by atoms with E-state index in [1.807, 2.05) is 31.2 Å². The number of ether oxygens (including phenoxy) is 1. The number of nitrogens with zero attached hydrogens (tertiary/aromatic N) is 1. The van der Waals surface area contributed by atoms with E-state index in [1.54, 1.807) is 23.5 Å². The van der Waals surface area contributed by atoms with Crippen LogP contribution in [-0.2, 0) is 19.4 Å². The van der Waals surface area contributed by atoms with Gasteiger partial charge in [0.25, 0.3) is 5.91 Å². The van der Waals surface area contributed by atoms with E-state index in [2.05, 4.69) is 16.4 Å². The fourth-order valence-electron chi connectivity index (χ4n) is 3.10. The monoisotopic (exact) mass is 480 g/mol. The molecule has 0 aliphatic rings. The van der Waals surface area contributed by atoms with E-state index < -0.39 is 28.3 Å². The lowest BCUT2D eigenvalue weighted by molar-refractivity contribution is -0.119. The number of sulfone groups is 1. The minimum absolute atomic E-state index is 0.0983. The number of hydrogen-bond acceptors (Lipinski definition) is 7. The Hall–Kier alpha value is -3.56. The van der Waals surface area contributed by atoms with Crippen molar-refractivity contribution in [3.8, 4) is 10.6 Å². The summed E-state index contributed by atoms with van der Waals surface area (Å²) in [5.41, 5.74) is 3.80. The summed E-state index contributed by atoms with van der Waals surface area (Å²) >= 11 is 1.61. The lowest BCUT2D eigenvalue weighted by Gasteiger charge is -2.07. The van der Waals surface area contributed by atoms with Gasteiger partial charge in [0.05, 0.1) is 20.7 Å². The standard InChI is InChI=1S/C24H20N2O5S2/c1-15-3-12-20-21(13-15)32-23(26-20)16-4-8-18(9-5-16)25-22(27)14-31-24(28)17-6-10-19(11-7-17)33(2,29)30/h3-13H,14H2,1-2H3,(H,25,27). The number of amides is 1. The highest BCUT2D eigenvalue weighted by Gasteiger charge is 2.13. The predicted octanol–water partition coefficient (Wildman–Crippen LogP) is 4.47. The first-order valence-corrected chi connectivity index (χ1v) is 12.6. The van der Waals surface area contributed by atoms with Gasteiger partial charge in [-0.05, 0) is 73.2 Å². The lowest BCUT2D eigenvalue weighted by Crippen LogP contribution is -2.20. The summed E-state index contributed by atoms with van der Waals surface area (Å²) in [4.78, 5) is 29.0. The average molecular weight is 481 g/mol. The summed E-state index contributed by atoms with van der Waals surface area (Å²) in [5, 5.41) is 3.57. The van der Waals surface area contributed by atoms with Crippen LogP contribution in [0.1, 0.15) is 15.9 Å². The van der Waals surface area contributed by atoms with Gasteiger partial charge < -0.3 is 10.1 Å². The minimum atomic E-state index is -3.35. The molecular weight excluding hydrogens is 460 g/mol. The van der Waals surface area contributed by atoms with Gasteiger partial charge in [-0.15, -0.1) is 11.3 Å². The average Bonchev–Trinajstić information content (AvgIpc) is 3.20. The van der Waals surface area contributed by atoms with E-state index in [0.717, 1.165) is 27.0 Å². The van der Waals surface area contributed by atoms with Crippen LogP contribution in [0.25, 0.3) is 20.8 Å². The molecular formula is C24H20N2O5S2. The summed E-state index contributed by atoms with van der Waals surface area (Å²) in [6.45, 7) is 1.58. The summed E-state index contributed by atoms with van der Waals surface area (Å²) < 4.78 is 29.1. The number of hydrogen-bond donors (Lipinski definition) is 1. The topological polar surface area (TPSA) is 102 Å². The van der Waals surface area contributed by atoms with Gasteiger partial charge in [-0.25, -0.2) is 18.2 Å². The van der Waals surface area contributed by atoms with Crippen molar-refractivity contribution in [3.63, 3.8) is 0 Å². The number of carbonyl (C=O) groups is 2. The van der Waals surface area contributed by atoms with Crippen molar-refractivity contribution in [3.05, 3.63) is 77.9 Å². The van der Waals surface area contributed by atoms with Gasteiger partial charge in [0.15, 0.2) is 16.4 Å². The SMILES string of the molecule is Cc1ccc2nc(-c3ccc(NC(=O)COC(=O)c4ccc(S(C)(=O)=O)cc4)cc3)sc2c1. The first-order chi connectivity index (χ1) is 15.7. The number of benzene rings is 3. The van der Waals surface area contributed by atoms with Gasteiger partial charge in [-0.3, -0.25) is 4.79 Å². The molecule has 9 heteroatoms. The van der Waals surface area contributed by atoms with Crippen LogP contribution >= 0.6 is 11.3 Å². The lowest BCUT2D eigenvalue weighted by atomic mass is 10.2. The van der Waals surface area contributed by atoms with Crippen LogP contribution in [0.5, 0.6) is 0 Å². The van der Waals surface area contributed by atoms with Gasteiger partial charge in [0.2, 0.25) is 0 Å². The second kappa shape index (κ2) is 9.13. The third kappa shape index (κ3) is 5.44. The molecule has 0 unspecified atom stereocenters. The summed E-state index contributed by atoms with van der Waals surface area (Å²) in [7, 11) is -3.35. The van der Waals surface area contributed by atoms with Gasteiger partial charge >= 0.3 is 5.97 Å². The van der Waals surface area contributed by atoms with Crippen LogP contribution in [0.4, 0.5) is 5.69 Å². The Labute approximate surface area is 195 Å². The number of nitrogens with one attached hydrogen (secondary N) is 1. The van der Waals surface area contributed by atoms with Crippen LogP contribution in [0.3, 0.4) is 0 Å². The third-order valence-corrected chi connectivity index (χ3v) is 7.01. The highest BCUT2D eigenvalue weighted by molar-refractivity contribution is 7.90. The normalized spacial score (nSPS) is 11.3. The number of thiazole rings is 1. The Bertz CT molecular complexity index is 1440. The molecule has 0 aliphatic carbocycles. The van der Waals surface area contributed by atoms with Crippen LogP contribution in [0.15, 0.2) is 71.6 Å². The molecule has 0 atom stereocenters. The number of aryl methyl sites for hydroxylation is 1. The van der Waals surface area contributed by atoms with E-state index in [0.29, 0.717) is 5.69 Å². The fourth-order valence-corrected chi connectivity index (χ4v) is 4.80. The van der Waals surface area contributed by atoms with E-state index in [-0.39, 0.29) is 10.5 Å². The minimum Gasteiger partial charge on any atom is -0.452 e. The number of aromatic nitrogens is 1. The molecule has 1 heterocycles. The first kappa shape index (κ1) is 22.6. The van der Waals surface area contributed by atoms with Crippen molar-refractivity contribution < 1.29 is 22.7 Å². The quantitative estimate of drug-likeness (QED) is 0.409. The maximum absolute atomic E-state index is 12.2. The zero-order valence-electron chi connectivity index (χ0n) is 17.9. The van der Waals surface area contributed by atoms with Crippen molar-refractivity contribution >= 4 is 49.0 Å². The molecule has 4 rings (SSSR count). The summed E-state index contributed by atoms with van der Waals surface area (Å²) in [6.07, 6.45) is 1.08. The van der Waals surface area contributed by atoms with Crippen molar-refractivity contribution in [2.24, 2.45) is 0 Å². The Balaban J connectivity index is 1.34. The molecule has 0 spiro atoms. The molecule has 0 radical (unpaired) electrons. The molecule has 33 heavy (non-hydrogen) atoms. The summed E-state index contributed by atoms with van der Waals surface area (Å²) in [5.74, 6) is -1.20. The molecule has 1 N–H and O–H groups in total. The van der Waals surface area contributed by atoms with Crippen LogP contribution < -0.4 is 5.32 Å². The number of rotatable bonds is 6. The Kier molecular flexibility index (Phi) is 6.26. The van der Waals surface area contributed by atoms with Crippen LogP contribution in [0.2, 0.25) is 0 Å². The van der Waals surface area contributed by atoms with Crippen molar-refractivity contribution in [2.45, 2.75) is 11.8 Å². The van der Waals surface area contributed by atoms with Crippen LogP contribution in [0, 0.1) is 6.92 Å². The van der Waals surface area contributed by atoms with Gasteiger partial charge in [0.1, 0.15) is 5.01 Å². The molecule has 4 aromatic rings. The summed E-state index contributed by atoms with van der Waals surface area (Å²) in [6, 6.07) is 18.7. The highest BCUT2D eigenvalue weighted by Crippen LogP contribution is 2.31. The largest absolute Gasteiger partial charge is 0.452 e. The zero-order valence-corrected chi connectivity index (χ0v) is 19.5. The molecule has 7 nitrogen and oxygen atoms in total. The maximum Gasteiger partial charge on any atom is 0.338 e.